The summed E-state index contributed by atoms with van der Waals surface area (Å²) in [6, 6.07) is 9.27. The third kappa shape index (κ3) is 3.19. The number of hydrogen-bond donors (Lipinski definition) is 1. The Morgan fingerprint density at radius 1 is 1.42 bits per heavy atom. The number of carbonyl (C=O) groups is 1. The molecule has 2 aromatic rings. The van der Waals surface area contributed by atoms with Crippen LogP contribution in [0.25, 0.3) is 0 Å². The lowest BCUT2D eigenvalue weighted by Gasteiger charge is -2.25. The minimum absolute atomic E-state index is 0.0479. The molecule has 1 aromatic carbocycles. The summed E-state index contributed by atoms with van der Waals surface area (Å²) in [5.41, 5.74) is 1.57. The summed E-state index contributed by atoms with van der Waals surface area (Å²) in [4.78, 5) is 16.9. The number of carbonyl (C=O) groups excluding carboxylic acids is 1. The molecule has 0 aliphatic rings. The van der Waals surface area contributed by atoms with Crippen LogP contribution in [-0.4, -0.2) is 22.8 Å². The predicted octanol–water partition coefficient (Wildman–Crippen LogP) is 4.26. The fourth-order valence-electron chi connectivity index (χ4n) is 1.85. The molecule has 1 aromatic heterocycles. The van der Waals surface area contributed by atoms with Crippen LogP contribution in [0.15, 0.2) is 41.0 Å². The van der Waals surface area contributed by atoms with E-state index >= 15 is 0 Å². The number of rotatable bonds is 3. The van der Waals surface area contributed by atoms with Gasteiger partial charge in [-0.1, -0.05) is 23.7 Å². The van der Waals surface area contributed by atoms with Crippen molar-refractivity contribution in [2.45, 2.75) is 13.0 Å². The smallest absolute Gasteiger partial charge is 0.270 e. The maximum atomic E-state index is 12.3. The fourth-order valence-corrected chi connectivity index (χ4v) is 2.39. The SMILES string of the molecule is CC(c1cccc(Cl)c1)N(C)C(=O)c1cc(Br)c[nH]1. The van der Waals surface area contributed by atoms with Gasteiger partial charge in [0.05, 0.1) is 6.04 Å². The van der Waals surface area contributed by atoms with Crippen molar-refractivity contribution >= 4 is 33.4 Å². The lowest BCUT2D eigenvalue weighted by Crippen LogP contribution is -2.29. The van der Waals surface area contributed by atoms with Gasteiger partial charge in [0, 0.05) is 22.7 Å². The second kappa shape index (κ2) is 5.80. The number of nitrogens with zero attached hydrogens (tertiary/aromatic N) is 1. The number of halogens is 2. The van der Waals surface area contributed by atoms with Crippen LogP contribution < -0.4 is 0 Å². The topological polar surface area (TPSA) is 36.1 Å². The fraction of sp³-hybridized carbons (Fsp3) is 0.214. The first-order valence-electron chi connectivity index (χ1n) is 5.85. The molecule has 0 saturated heterocycles. The number of hydrogen-bond acceptors (Lipinski definition) is 1. The first-order chi connectivity index (χ1) is 8.99. The first-order valence-corrected chi connectivity index (χ1v) is 7.02. The number of amides is 1. The van der Waals surface area contributed by atoms with Crippen molar-refractivity contribution in [3.63, 3.8) is 0 Å². The molecule has 1 unspecified atom stereocenters. The highest BCUT2D eigenvalue weighted by Gasteiger charge is 2.20. The van der Waals surface area contributed by atoms with Gasteiger partial charge in [-0.05, 0) is 46.6 Å². The summed E-state index contributed by atoms with van der Waals surface area (Å²) in [7, 11) is 1.78. The highest BCUT2D eigenvalue weighted by atomic mass is 79.9. The molecule has 0 aliphatic heterocycles. The molecule has 1 N–H and O–H groups in total. The molecule has 0 saturated carbocycles. The molecule has 3 nitrogen and oxygen atoms in total. The number of benzene rings is 1. The van der Waals surface area contributed by atoms with Gasteiger partial charge in [0.25, 0.3) is 5.91 Å². The van der Waals surface area contributed by atoms with Crippen LogP contribution in [0.3, 0.4) is 0 Å². The summed E-state index contributed by atoms with van der Waals surface area (Å²) in [5, 5.41) is 0.674. The molecule has 1 amide bonds. The Labute approximate surface area is 125 Å². The molecule has 0 bridgehead atoms. The van der Waals surface area contributed by atoms with Gasteiger partial charge in [-0.25, -0.2) is 0 Å². The standard InChI is InChI=1S/C14H14BrClN2O/c1-9(10-4-3-5-12(16)6-10)18(2)14(19)13-7-11(15)8-17-13/h3-9,17H,1-2H3. The minimum atomic E-state index is -0.0572. The number of nitrogens with one attached hydrogen (secondary N) is 1. The zero-order chi connectivity index (χ0) is 14.0. The lowest BCUT2D eigenvalue weighted by atomic mass is 10.1. The van der Waals surface area contributed by atoms with E-state index in [1.165, 1.54) is 0 Å². The van der Waals surface area contributed by atoms with E-state index in [1.807, 2.05) is 31.2 Å². The van der Waals surface area contributed by atoms with E-state index < -0.39 is 0 Å². The van der Waals surface area contributed by atoms with Crippen LogP contribution in [0.1, 0.15) is 29.0 Å². The Hall–Kier alpha value is -1.26. The van der Waals surface area contributed by atoms with Gasteiger partial charge in [-0.3, -0.25) is 4.79 Å². The molecule has 1 atom stereocenters. The molecule has 0 spiro atoms. The number of H-pyrrole nitrogens is 1. The second-order valence-electron chi connectivity index (χ2n) is 4.38. The lowest BCUT2D eigenvalue weighted by molar-refractivity contribution is 0.0737. The average molecular weight is 342 g/mol. The minimum Gasteiger partial charge on any atom is -0.356 e. The van der Waals surface area contributed by atoms with Gasteiger partial charge in [-0.15, -0.1) is 0 Å². The normalized spacial score (nSPS) is 12.2. The zero-order valence-corrected chi connectivity index (χ0v) is 13.0. The van der Waals surface area contributed by atoms with Crippen LogP contribution >= 0.6 is 27.5 Å². The van der Waals surface area contributed by atoms with Gasteiger partial charge >= 0.3 is 0 Å². The maximum Gasteiger partial charge on any atom is 0.270 e. The molecular formula is C14H14BrClN2O. The second-order valence-corrected chi connectivity index (χ2v) is 5.73. The van der Waals surface area contributed by atoms with E-state index in [1.54, 1.807) is 24.2 Å². The molecule has 2 rings (SSSR count). The van der Waals surface area contributed by atoms with Crippen molar-refractivity contribution in [2.75, 3.05) is 7.05 Å². The molecule has 0 fully saturated rings. The monoisotopic (exact) mass is 340 g/mol. The van der Waals surface area contributed by atoms with E-state index in [0.717, 1.165) is 10.0 Å². The van der Waals surface area contributed by atoms with Gasteiger partial charge in [0.1, 0.15) is 5.69 Å². The number of aromatic amines is 1. The molecule has 19 heavy (non-hydrogen) atoms. The molecule has 1 heterocycles. The Morgan fingerprint density at radius 2 is 2.16 bits per heavy atom. The van der Waals surface area contributed by atoms with Crippen molar-refractivity contribution in [3.8, 4) is 0 Å². The summed E-state index contributed by atoms with van der Waals surface area (Å²) in [6.07, 6.45) is 1.74. The Balaban J connectivity index is 2.19. The van der Waals surface area contributed by atoms with Crippen molar-refractivity contribution in [1.29, 1.82) is 0 Å². The van der Waals surface area contributed by atoms with Crippen molar-refractivity contribution < 1.29 is 4.79 Å². The van der Waals surface area contributed by atoms with Crippen molar-refractivity contribution in [3.05, 3.63) is 57.3 Å². The van der Waals surface area contributed by atoms with Crippen LogP contribution in [0.5, 0.6) is 0 Å². The Kier molecular flexibility index (Phi) is 4.32. The van der Waals surface area contributed by atoms with Gasteiger partial charge < -0.3 is 9.88 Å². The molecule has 0 radical (unpaired) electrons. The van der Waals surface area contributed by atoms with Crippen LogP contribution in [0.4, 0.5) is 0 Å². The van der Waals surface area contributed by atoms with Crippen molar-refractivity contribution in [1.82, 2.24) is 9.88 Å². The molecule has 0 aliphatic carbocycles. The van der Waals surface area contributed by atoms with Gasteiger partial charge in [0.2, 0.25) is 0 Å². The van der Waals surface area contributed by atoms with Gasteiger partial charge in [-0.2, -0.15) is 0 Å². The molecular weight excluding hydrogens is 328 g/mol. The maximum absolute atomic E-state index is 12.3. The van der Waals surface area contributed by atoms with E-state index in [2.05, 4.69) is 20.9 Å². The molecule has 5 heteroatoms. The van der Waals surface area contributed by atoms with E-state index in [0.29, 0.717) is 10.7 Å². The predicted molar refractivity (Wildman–Crippen MR) is 80.5 cm³/mol. The summed E-state index contributed by atoms with van der Waals surface area (Å²) in [6.45, 7) is 1.97. The first kappa shape index (κ1) is 14.2. The van der Waals surface area contributed by atoms with E-state index in [4.69, 9.17) is 11.6 Å². The molecule has 100 valence electrons. The summed E-state index contributed by atoms with van der Waals surface area (Å²) >= 11 is 9.30. The summed E-state index contributed by atoms with van der Waals surface area (Å²) in [5.74, 6) is -0.0572. The Morgan fingerprint density at radius 3 is 2.74 bits per heavy atom. The average Bonchev–Trinajstić information content (AvgIpc) is 2.83. The third-order valence-corrected chi connectivity index (χ3v) is 3.80. The number of aromatic nitrogens is 1. The summed E-state index contributed by atoms with van der Waals surface area (Å²) < 4.78 is 0.861. The van der Waals surface area contributed by atoms with Gasteiger partial charge in [0.15, 0.2) is 0 Å². The highest BCUT2D eigenvalue weighted by Crippen LogP contribution is 2.23. The van der Waals surface area contributed by atoms with E-state index in [9.17, 15) is 4.79 Å². The Bertz CT molecular complexity index is 597. The highest BCUT2D eigenvalue weighted by molar-refractivity contribution is 9.10. The quantitative estimate of drug-likeness (QED) is 0.889. The third-order valence-electron chi connectivity index (χ3n) is 3.11. The van der Waals surface area contributed by atoms with Crippen molar-refractivity contribution in [2.24, 2.45) is 0 Å². The van der Waals surface area contributed by atoms with E-state index in [-0.39, 0.29) is 11.9 Å². The van der Waals surface area contributed by atoms with Crippen LogP contribution in [0, 0.1) is 0 Å². The van der Waals surface area contributed by atoms with Crippen LogP contribution in [0.2, 0.25) is 5.02 Å². The van der Waals surface area contributed by atoms with Crippen LogP contribution in [-0.2, 0) is 0 Å². The zero-order valence-electron chi connectivity index (χ0n) is 10.7. The largest absolute Gasteiger partial charge is 0.356 e.